The van der Waals surface area contributed by atoms with E-state index in [-0.39, 0.29) is 36.1 Å². The van der Waals surface area contributed by atoms with Gasteiger partial charge in [0, 0.05) is 48.5 Å². The molecule has 0 saturated carbocycles. The number of nitrogens with zero attached hydrogens (tertiary/aromatic N) is 3. The van der Waals surface area contributed by atoms with Gasteiger partial charge >= 0.3 is 6.03 Å². The zero-order valence-electron chi connectivity index (χ0n) is 22.1. The second-order valence-corrected chi connectivity index (χ2v) is 10.4. The molecule has 2 aliphatic rings. The number of amides is 3. The second kappa shape index (κ2) is 9.61. The van der Waals surface area contributed by atoms with Crippen molar-refractivity contribution >= 4 is 22.8 Å². The Morgan fingerprint density at radius 1 is 1.24 bits per heavy atom. The summed E-state index contributed by atoms with van der Waals surface area (Å²) in [7, 11) is 3.39. The maximum Gasteiger partial charge on any atom is 0.320 e. The Kier molecular flexibility index (Phi) is 6.47. The summed E-state index contributed by atoms with van der Waals surface area (Å²) in [5.74, 6) is 0.623. The first-order valence-electron chi connectivity index (χ1n) is 12.9. The van der Waals surface area contributed by atoms with Crippen molar-refractivity contribution in [1.82, 2.24) is 24.7 Å². The summed E-state index contributed by atoms with van der Waals surface area (Å²) in [6.45, 7) is 7.60. The molecule has 2 N–H and O–H groups in total. The Morgan fingerprint density at radius 3 is 2.76 bits per heavy atom. The molecule has 2 fully saturated rings. The van der Waals surface area contributed by atoms with E-state index in [2.05, 4.69) is 27.9 Å². The second-order valence-electron chi connectivity index (χ2n) is 10.4. The molecule has 0 bridgehead atoms. The summed E-state index contributed by atoms with van der Waals surface area (Å²) in [4.78, 5) is 45.1. The fourth-order valence-corrected chi connectivity index (χ4v) is 6.26. The van der Waals surface area contributed by atoms with Crippen LogP contribution in [0, 0.1) is 19.8 Å². The molecule has 2 unspecified atom stereocenters. The van der Waals surface area contributed by atoms with Gasteiger partial charge in [0.25, 0.3) is 11.5 Å². The molecular weight excluding hydrogens is 470 g/mol. The Morgan fingerprint density at radius 2 is 2.00 bits per heavy atom. The molecule has 3 amide bonds. The first kappa shape index (κ1) is 24.9. The van der Waals surface area contributed by atoms with Crippen LogP contribution >= 0.6 is 0 Å². The monoisotopic (exact) mass is 505 g/mol. The number of carbonyl (C=O) groups is 2. The minimum absolute atomic E-state index is 0.0633. The number of hydrogen-bond acceptors (Lipinski definition) is 4. The number of pyridine rings is 1. The summed E-state index contributed by atoms with van der Waals surface area (Å²) in [5.41, 5.74) is 3.36. The fourth-order valence-electron chi connectivity index (χ4n) is 6.26. The zero-order valence-corrected chi connectivity index (χ0v) is 22.1. The van der Waals surface area contributed by atoms with Crippen molar-refractivity contribution in [2.24, 2.45) is 5.92 Å². The SMILES string of the molecule is COc1cc(C)[nH]c(=O)c1CNC(=O)c1c(C)n([C@H](C)C2CCN3C(=O)N(C)CC3C2)c2ccccc12. The first-order valence-corrected chi connectivity index (χ1v) is 12.9. The van der Waals surface area contributed by atoms with Crippen LogP contribution in [0.2, 0.25) is 0 Å². The predicted octanol–water partition coefficient (Wildman–Crippen LogP) is 3.59. The summed E-state index contributed by atoms with van der Waals surface area (Å²) in [6.07, 6.45) is 1.88. The van der Waals surface area contributed by atoms with Crippen molar-refractivity contribution in [3.63, 3.8) is 0 Å². The molecule has 2 aliphatic heterocycles. The number of piperidine rings is 1. The van der Waals surface area contributed by atoms with E-state index in [0.29, 0.717) is 28.5 Å². The van der Waals surface area contributed by atoms with E-state index in [0.717, 1.165) is 42.5 Å². The summed E-state index contributed by atoms with van der Waals surface area (Å²) >= 11 is 0. The quantitative estimate of drug-likeness (QED) is 0.535. The van der Waals surface area contributed by atoms with Gasteiger partial charge in [-0.15, -0.1) is 0 Å². The van der Waals surface area contributed by atoms with Crippen LogP contribution in [-0.2, 0) is 6.54 Å². The number of urea groups is 1. The molecule has 1 aromatic carbocycles. The minimum atomic E-state index is -0.271. The molecule has 3 atom stereocenters. The van der Waals surface area contributed by atoms with Crippen LogP contribution in [0.3, 0.4) is 0 Å². The number of para-hydroxylation sites is 1. The van der Waals surface area contributed by atoms with Crippen molar-refractivity contribution in [2.45, 2.75) is 52.2 Å². The van der Waals surface area contributed by atoms with Gasteiger partial charge in [0.2, 0.25) is 0 Å². The van der Waals surface area contributed by atoms with Gasteiger partial charge in [0.05, 0.1) is 30.8 Å². The number of nitrogens with one attached hydrogen (secondary N) is 2. The summed E-state index contributed by atoms with van der Waals surface area (Å²) in [5, 5.41) is 3.84. The van der Waals surface area contributed by atoms with Crippen LogP contribution in [0.4, 0.5) is 4.79 Å². The molecule has 0 spiro atoms. The van der Waals surface area contributed by atoms with Gasteiger partial charge < -0.3 is 29.4 Å². The molecule has 9 heteroatoms. The Labute approximate surface area is 216 Å². The van der Waals surface area contributed by atoms with Crippen molar-refractivity contribution in [1.29, 1.82) is 0 Å². The Hall–Kier alpha value is -3.75. The normalized spacial score (nSPS) is 20.3. The number of hydrogen-bond donors (Lipinski definition) is 2. The standard InChI is InChI=1S/C28H35N5O4/c1-16-12-24(37-5)22(26(34)30-16)14-29-27(35)25-18(3)33(23-9-7-6-8-21(23)25)17(2)19-10-11-32-20(13-19)15-31(4)28(32)36/h6-9,12,17,19-20H,10-11,13-15H2,1-5H3,(H,29,35)(H,30,34)/t17-,19?,20?/m1/s1. The number of likely N-dealkylation sites (N-methyl/N-ethyl adjacent to an activating group) is 1. The van der Waals surface area contributed by atoms with E-state index < -0.39 is 0 Å². The molecule has 196 valence electrons. The van der Waals surface area contributed by atoms with Gasteiger partial charge in [-0.2, -0.15) is 0 Å². The number of carbonyl (C=O) groups excluding carboxylic acids is 2. The molecule has 0 aliphatic carbocycles. The third-order valence-corrected chi connectivity index (χ3v) is 8.16. The number of aryl methyl sites for hydroxylation is 1. The van der Waals surface area contributed by atoms with Gasteiger partial charge in [0.1, 0.15) is 5.75 Å². The van der Waals surface area contributed by atoms with E-state index in [9.17, 15) is 14.4 Å². The molecule has 3 aromatic rings. The summed E-state index contributed by atoms with van der Waals surface area (Å²) < 4.78 is 7.66. The number of rotatable bonds is 6. The van der Waals surface area contributed by atoms with E-state index in [1.807, 2.05) is 42.0 Å². The van der Waals surface area contributed by atoms with Crippen molar-refractivity contribution < 1.29 is 14.3 Å². The Bertz CT molecular complexity index is 1420. The van der Waals surface area contributed by atoms with Crippen molar-refractivity contribution in [3.05, 3.63) is 63.2 Å². The van der Waals surface area contributed by atoms with Crippen LogP contribution in [0.15, 0.2) is 35.1 Å². The predicted molar refractivity (Wildman–Crippen MR) is 142 cm³/mol. The number of ether oxygens (including phenoxy) is 1. The van der Waals surface area contributed by atoms with Crippen LogP contribution in [-0.4, -0.2) is 64.6 Å². The van der Waals surface area contributed by atoms with Gasteiger partial charge in [-0.05, 0) is 51.7 Å². The average molecular weight is 506 g/mol. The fraction of sp³-hybridized carbons (Fsp3) is 0.464. The van der Waals surface area contributed by atoms with Crippen LogP contribution in [0.1, 0.15) is 53.1 Å². The molecule has 0 radical (unpaired) electrons. The molecule has 9 nitrogen and oxygen atoms in total. The lowest BCUT2D eigenvalue weighted by atomic mass is 9.86. The molecule has 2 saturated heterocycles. The molecular formula is C28H35N5O4. The number of H-pyrrole nitrogens is 1. The highest BCUT2D eigenvalue weighted by atomic mass is 16.5. The zero-order chi connectivity index (χ0) is 26.4. The number of methoxy groups -OCH3 is 1. The van der Waals surface area contributed by atoms with Crippen LogP contribution in [0.5, 0.6) is 5.75 Å². The van der Waals surface area contributed by atoms with Crippen LogP contribution < -0.4 is 15.6 Å². The maximum absolute atomic E-state index is 13.5. The molecule has 5 rings (SSSR count). The lowest BCUT2D eigenvalue weighted by Gasteiger charge is -2.37. The highest BCUT2D eigenvalue weighted by molar-refractivity contribution is 6.08. The Balaban J connectivity index is 1.43. The van der Waals surface area contributed by atoms with Gasteiger partial charge in [-0.3, -0.25) is 9.59 Å². The topological polar surface area (TPSA) is 99.7 Å². The van der Waals surface area contributed by atoms with E-state index in [4.69, 9.17) is 4.74 Å². The number of fused-ring (bicyclic) bond motifs is 2. The lowest BCUT2D eigenvalue weighted by molar-refractivity contribution is 0.0950. The third kappa shape index (κ3) is 4.26. The smallest absolute Gasteiger partial charge is 0.320 e. The van der Waals surface area contributed by atoms with E-state index in [1.165, 1.54) is 7.11 Å². The number of aromatic amines is 1. The minimum Gasteiger partial charge on any atom is -0.496 e. The van der Waals surface area contributed by atoms with Gasteiger partial charge in [-0.25, -0.2) is 4.79 Å². The summed E-state index contributed by atoms with van der Waals surface area (Å²) in [6, 6.07) is 10.3. The first-order chi connectivity index (χ1) is 17.7. The maximum atomic E-state index is 13.5. The number of aromatic nitrogens is 2. The van der Waals surface area contributed by atoms with Crippen molar-refractivity contribution in [3.8, 4) is 5.75 Å². The van der Waals surface area contributed by atoms with E-state index >= 15 is 0 Å². The third-order valence-electron chi connectivity index (χ3n) is 8.16. The van der Waals surface area contributed by atoms with Crippen molar-refractivity contribution in [2.75, 3.05) is 27.2 Å². The van der Waals surface area contributed by atoms with E-state index in [1.54, 1.807) is 13.0 Å². The van der Waals surface area contributed by atoms with Gasteiger partial charge in [-0.1, -0.05) is 18.2 Å². The van der Waals surface area contributed by atoms with Crippen LogP contribution in [0.25, 0.3) is 10.9 Å². The highest BCUT2D eigenvalue weighted by Crippen LogP contribution is 2.38. The highest BCUT2D eigenvalue weighted by Gasteiger charge is 2.41. The van der Waals surface area contributed by atoms with Gasteiger partial charge in [0.15, 0.2) is 0 Å². The molecule has 4 heterocycles. The number of benzene rings is 1. The average Bonchev–Trinajstić information content (AvgIpc) is 3.33. The largest absolute Gasteiger partial charge is 0.496 e. The lowest BCUT2D eigenvalue weighted by Crippen LogP contribution is -2.43. The molecule has 2 aromatic heterocycles. The molecule has 37 heavy (non-hydrogen) atoms.